The van der Waals surface area contributed by atoms with Crippen molar-refractivity contribution < 1.29 is 14.6 Å². The topological polar surface area (TPSA) is 128 Å². The van der Waals surface area contributed by atoms with Crippen molar-refractivity contribution >= 4 is 23.2 Å². The Bertz CT molecular complexity index is 1500. The second kappa shape index (κ2) is 11.8. The van der Waals surface area contributed by atoms with Crippen LogP contribution in [0.5, 0.6) is 11.8 Å². The molecule has 2 aromatic carbocycles. The van der Waals surface area contributed by atoms with E-state index in [0.717, 1.165) is 24.0 Å². The molecular formula is C28H28Cl2N6O3. The number of aromatic nitrogens is 4. The average molecular weight is 567 g/mol. The molecule has 1 aliphatic carbocycles. The Hall–Kier alpha value is -3.34. The molecule has 5 rings (SSSR count). The van der Waals surface area contributed by atoms with Gasteiger partial charge in [0.2, 0.25) is 11.8 Å². The number of ether oxygens (including phenoxy) is 2. The lowest BCUT2D eigenvalue weighted by Gasteiger charge is -2.32. The second-order valence-electron chi connectivity index (χ2n) is 9.16. The Kier molecular flexibility index (Phi) is 8.25. The fourth-order valence-corrected chi connectivity index (χ4v) is 5.16. The van der Waals surface area contributed by atoms with E-state index in [1.807, 2.05) is 36.4 Å². The van der Waals surface area contributed by atoms with E-state index < -0.39 is 0 Å². The van der Waals surface area contributed by atoms with Gasteiger partial charge >= 0.3 is 0 Å². The monoisotopic (exact) mass is 566 g/mol. The number of aliphatic hydroxyl groups excluding tert-OH is 1. The van der Waals surface area contributed by atoms with Gasteiger partial charge in [0.15, 0.2) is 0 Å². The van der Waals surface area contributed by atoms with Crippen molar-refractivity contribution in [2.24, 2.45) is 5.73 Å². The third-order valence-electron chi connectivity index (χ3n) is 6.71. The van der Waals surface area contributed by atoms with E-state index in [1.54, 1.807) is 19.5 Å². The zero-order valence-electron chi connectivity index (χ0n) is 21.5. The van der Waals surface area contributed by atoms with E-state index in [-0.39, 0.29) is 18.7 Å². The van der Waals surface area contributed by atoms with Crippen LogP contribution in [-0.4, -0.2) is 51.4 Å². The van der Waals surface area contributed by atoms with Gasteiger partial charge < -0.3 is 25.6 Å². The number of aliphatic hydroxyl groups is 1. The maximum absolute atomic E-state index is 9.51. The fourth-order valence-electron chi connectivity index (χ4n) is 4.51. The summed E-state index contributed by atoms with van der Waals surface area (Å²) in [6.07, 6.45) is 4.55. The van der Waals surface area contributed by atoms with Crippen LogP contribution in [0.2, 0.25) is 10.0 Å². The third kappa shape index (κ3) is 5.54. The molecule has 4 aromatic rings. The molecule has 39 heavy (non-hydrogen) atoms. The zero-order valence-corrected chi connectivity index (χ0v) is 23.0. The smallest absolute Gasteiger partial charge is 0.237 e. The lowest BCUT2D eigenvalue weighted by molar-refractivity contribution is 0.0617. The number of nitrogens with two attached hydrogens (primary N) is 1. The molecule has 0 unspecified atom stereocenters. The molecule has 1 aliphatic rings. The standard InChI is InChI=1S/C28H28Cl2N6O3/c1-38-27-21(11-31)33-12-22(35-27)19-7-3-5-17(25(19)29)18-6-4-8-20(26(18)30)23-13-34-24(28(36-23)39-2)14-32-15-9-16(37)10-15/h3-8,12-13,15-16,32,37H,9-11,14,31H2,1-2H3. The van der Waals surface area contributed by atoms with Gasteiger partial charge in [0.05, 0.1) is 54.2 Å². The van der Waals surface area contributed by atoms with Gasteiger partial charge in [-0.2, -0.15) is 0 Å². The lowest BCUT2D eigenvalue weighted by Crippen LogP contribution is -2.43. The summed E-state index contributed by atoms with van der Waals surface area (Å²) in [6.45, 7) is 0.701. The Morgan fingerprint density at radius 2 is 1.33 bits per heavy atom. The number of hydrogen-bond acceptors (Lipinski definition) is 9. The highest BCUT2D eigenvalue weighted by molar-refractivity contribution is 6.39. The molecule has 0 saturated heterocycles. The van der Waals surface area contributed by atoms with Crippen LogP contribution >= 0.6 is 23.2 Å². The molecule has 0 radical (unpaired) electrons. The van der Waals surface area contributed by atoms with Gasteiger partial charge in [-0.05, 0) is 12.8 Å². The summed E-state index contributed by atoms with van der Waals surface area (Å²) >= 11 is 13.9. The van der Waals surface area contributed by atoms with Crippen LogP contribution in [0.1, 0.15) is 24.2 Å². The molecule has 2 aromatic heterocycles. The predicted octanol–water partition coefficient (Wildman–Crippen LogP) is 4.66. The summed E-state index contributed by atoms with van der Waals surface area (Å²) in [6, 6.07) is 11.6. The lowest BCUT2D eigenvalue weighted by atomic mass is 9.89. The van der Waals surface area contributed by atoms with Crippen LogP contribution in [0.15, 0.2) is 48.8 Å². The van der Waals surface area contributed by atoms with Crippen molar-refractivity contribution in [1.82, 2.24) is 25.3 Å². The van der Waals surface area contributed by atoms with E-state index in [1.165, 1.54) is 7.11 Å². The van der Waals surface area contributed by atoms with Gasteiger partial charge in [0.25, 0.3) is 0 Å². The SMILES string of the molecule is COc1nc(-c2cccc(-c3cccc(-c4cnc(CNC5CC(O)C5)c(OC)n4)c3Cl)c2Cl)cnc1CN. The minimum atomic E-state index is -0.228. The van der Waals surface area contributed by atoms with Crippen LogP contribution in [0.25, 0.3) is 33.6 Å². The summed E-state index contributed by atoms with van der Waals surface area (Å²) in [7, 11) is 3.09. The number of halogens is 2. The van der Waals surface area contributed by atoms with Gasteiger partial charge in [0, 0.05) is 41.4 Å². The summed E-state index contributed by atoms with van der Waals surface area (Å²) in [4.78, 5) is 18.2. The first-order chi connectivity index (χ1) is 18.9. The van der Waals surface area contributed by atoms with E-state index >= 15 is 0 Å². The summed E-state index contributed by atoms with van der Waals surface area (Å²) in [5.41, 5.74) is 10.9. The number of rotatable bonds is 9. The van der Waals surface area contributed by atoms with Crippen molar-refractivity contribution in [3.8, 4) is 45.4 Å². The normalized spacial score (nSPS) is 16.6. The highest BCUT2D eigenvalue weighted by atomic mass is 35.5. The molecule has 0 atom stereocenters. The third-order valence-corrected chi connectivity index (χ3v) is 7.53. The quantitative estimate of drug-likeness (QED) is 0.265. The Labute approximate surface area is 236 Å². The molecule has 0 amide bonds. The average Bonchev–Trinajstić information content (AvgIpc) is 2.95. The highest BCUT2D eigenvalue weighted by Gasteiger charge is 2.27. The molecule has 1 saturated carbocycles. The van der Waals surface area contributed by atoms with Gasteiger partial charge in [-0.3, -0.25) is 9.97 Å². The number of benzene rings is 2. The summed E-state index contributed by atoms with van der Waals surface area (Å²) in [5, 5.41) is 13.8. The minimum Gasteiger partial charge on any atom is -0.480 e. The number of nitrogens with zero attached hydrogens (tertiary/aromatic N) is 4. The van der Waals surface area contributed by atoms with Gasteiger partial charge in [-0.1, -0.05) is 59.6 Å². The first-order valence-corrected chi connectivity index (χ1v) is 13.2. The van der Waals surface area contributed by atoms with Gasteiger partial charge in [0.1, 0.15) is 11.4 Å². The van der Waals surface area contributed by atoms with Crippen molar-refractivity contribution in [3.05, 3.63) is 70.2 Å². The number of hydrogen-bond donors (Lipinski definition) is 3. The van der Waals surface area contributed by atoms with E-state index in [9.17, 15) is 5.11 Å². The molecule has 2 heterocycles. The Balaban J connectivity index is 1.47. The first-order valence-electron chi connectivity index (χ1n) is 12.4. The maximum atomic E-state index is 9.51. The van der Waals surface area contributed by atoms with Crippen molar-refractivity contribution in [1.29, 1.82) is 0 Å². The molecule has 0 spiro atoms. The Morgan fingerprint density at radius 1 is 0.846 bits per heavy atom. The first kappa shape index (κ1) is 27.2. The molecule has 0 aliphatic heterocycles. The molecule has 4 N–H and O–H groups in total. The molecule has 1 fully saturated rings. The number of methoxy groups -OCH3 is 2. The fraction of sp³-hybridized carbons (Fsp3) is 0.286. The van der Waals surface area contributed by atoms with Crippen LogP contribution in [0.3, 0.4) is 0 Å². The zero-order chi connectivity index (χ0) is 27.5. The van der Waals surface area contributed by atoms with E-state index in [4.69, 9.17) is 38.4 Å². The van der Waals surface area contributed by atoms with Crippen molar-refractivity contribution in [2.45, 2.75) is 38.1 Å². The second-order valence-corrected chi connectivity index (χ2v) is 9.92. The van der Waals surface area contributed by atoms with E-state index in [2.05, 4.69) is 25.3 Å². The summed E-state index contributed by atoms with van der Waals surface area (Å²) in [5.74, 6) is 0.766. The predicted molar refractivity (Wildman–Crippen MR) is 151 cm³/mol. The van der Waals surface area contributed by atoms with Crippen LogP contribution in [0, 0.1) is 0 Å². The largest absolute Gasteiger partial charge is 0.480 e. The highest BCUT2D eigenvalue weighted by Crippen LogP contribution is 2.42. The summed E-state index contributed by atoms with van der Waals surface area (Å²) < 4.78 is 10.9. The van der Waals surface area contributed by atoms with Crippen molar-refractivity contribution in [2.75, 3.05) is 14.2 Å². The molecule has 202 valence electrons. The molecular weight excluding hydrogens is 539 g/mol. The Morgan fingerprint density at radius 3 is 1.82 bits per heavy atom. The minimum absolute atomic E-state index is 0.211. The van der Waals surface area contributed by atoms with Crippen LogP contribution < -0.4 is 20.5 Å². The van der Waals surface area contributed by atoms with Gasteiger partial charge in [-0.25, -0.2) is 9.97 Å². The molecule has 11 heteroatoms. The van der Waals surface area contributed by atoms with E-state index in [0.29, 0.717) is 62.3 Å². The van der Waals surface area contributed by atoms with Crippen LogP contribution in [0.4, 0.5) is 0 Å². The van der Waals surface area contributed by atoms with Crippen molar-refractivity contribution in [3.63, 3.8) is 0 Å². The van der Waals surface area contributed by atoms with Gasteiger partial charge in [-0.15, -0.1) is 0 Å². The van der Waals surface area contributed by atoms with Crippen LogP contribution in [-0.2, 0) is 13.1 Å². The molecule has 0 bridgehead atoms. The number of nitrogens with one attached hydrogen (secondary N) is 1. The molecule has 9 nitrogen and oxygen atoms in total. The maximum Gasteiger partial charge on any atom is 0.237 e.